The van der Waals surface area contributed by atoms with Gasteiger partial charge in [0.2, 0.25) is 0 Å². The first-order chi connectivity index (χ1) is 7.79. The van der Waals surface area contributed by atoms with E-state index >= 15 is 0 Å². The fourth-order valence-corrected chi connectivity index (χ4v) is 2.27. The maximum atomic E-state index is 8.79. The monoisotopic (exact) mass is 218 g/mol. The second-order valence-electron chi connectivity index (χ2n) is 4.16. The number of nitriles is 2. The van der Waals surface area contributed by atoms with Crippen LogP contribution in [0.4, 0.5) is 0 Å². The van der Waals surface area contributed by atoms with E-state index in [9.17, 15) is 0 Å². The van der Waals surface area contributed by atoms with Gasteiger partial charge in [0.1, 0.15) is 17.7 Å². The quantitative estimate of drug-likeness (QED) is 0.583. The molecule has 0 bridgehead atoms. The van der Waals surface area contributed by atoms with Crippen molar-refractivity contribution in [2.75, 3.05) is 13.2 Å². The van der Waals surface area contributed by atoms with Gasteiger partial charge in [-0.15, -0.1) is 0 Å². The molecule has 1 spiro atoms. The molecule has 0 unspecified atom stereocenters. The number of hydrogen-bond donors (Lipinski definition) is 0. The van der Waals surface area contributed by atoms with Crippen LogP contribution < -0.4 is 0 Å². The van der Waals surface area contributed by atoms with Crippen LogP contribution in [0.1, 0.15) is 32.1 Å². The Bertz CT molecular complexity index is 353. The first-order valence-electron chi connectivity index (χ1n) is 5.60. The van der Waals surface area contributed by atoms with Crippen molar-refractivity contribution in [1.29, 1.82) is 10.5 Å². The molecule has 0 aromatic carbocycles. The van der Waals surface area contributed by atoms with Gasteiger partial charge in [-0.2, -0.15) is 10.5 Å². The largest absolute Gasteiger partial charge is 0.350 e. The van der Waals surface area contributed by atoms with Gasteiger partial charge in [0.05, 0.1) is 13.2 Å². The summed E-state index contributed by atoms with van der Waals surface area (Å²) < 4.78 is 11.4. The molecular weight excluding hydrogens is 204 g/mol. The van der Waals surface area contributed by atoms with E-state index in [1.165, 1.54) is 0 Å². The van der Waals surface area contributed by atoms with Crippen molar-refractivity contribution < 1.29 is 9.47 Å². The van der Waals surface area contributed by atoms with Crippen LogP contribution in [0.3, 0.4) is 0 Å². The molecule has 1 saturated heterocycles. The first kappa shape index (κ1) is 11.1. The summed E-state index contributed by atoms with van der Waals surface area (Å²) in [5.41, 5.74) is 1.22. The Morgan fingerprint density at radius 1 is 1.06 bits per heavy atom. The van der Waals surface area contributed by atoms with Crippen LogP contribution in [0, 0.1) is 22.7 Å². The van der Waals surface area contributed by atoms with Crippen LogP contribution in [0.2, 0.25) is 0 Å². The van der Waals surface area contributed by atoms with E-state index in [-0.39, 0.29) is 5.57 Å². The minimum absolute atomic E-state index is 0.269. The third kappa shape index (κ3) is 2.09. The molecular formula is C12H14N2O2. The number of hydrogen-bond acceptors (Lipinski definition) is 4. The average Bonchev–Trinajstić information content (AvgIpc) is 2.34. The Morgan fingerprint density at radius 2 is 1.62 bits per heavy atom. The zero-order valence-electron chi connectivity index (χ0n) is 9.16. The Labute approximate surface area is 95.1 Å². The van der Waals surface area contributed by atoms with E-state index in [0.717, 1.165) is 50.9 Å². The second-order valence-corrected chi connectivity index (χ2v) is 4.16. The van der Waals surface area contributed by atoms with Gasteiger partial charge >= 0.3 is 0 Å². The Hall–Kier alpha value is -1.36. The number of allylic oxidation sites excluding steroid dienone is 2. The smallest absolute Gasteiger partial charge is 0.168 e. The third-order valence-corrected chi connectivity index (χ3v) is 3.21. The van der Waals surface area contributed by atoms with Gasteiger partial charge in [-0.3, -0.25) is 0 Å². The average molecular weight is 218 g/mol. The van der Waals surface area contributed by atoms with Crippen LogP contribution >= 0.6 is 0 Å². The van der Waals surface area contributed by atoms with Crippen LogP contribution in [0.5, 0.6) is 0 Å². The molecule has 0 N–H and O–H groups in total. The molecule has 0 aromatic rings. The fourth-order valence-electron chi connectivity index (χ4n) is 2.27. The standard InChI is InChI=1S/C12H14N2O2/c13-8-11(9-14)10-2-4-12(5-3-10)15-6-1-7-16-12/h1-7H2. The fraction of sp³-hybridized carbons (Fsp3) is 0.667. The molecule has 2 rings (SSSR count). The predicted molar refractivity (Wildman–Crippen MR) is 56.0 cm³/mol. The Kier molecular flexibility index (Phi) is 3.24. The number of nitrogens with zero attached hydrogens (tertiary/aromatic N) is 2. The molecule has 2 aliphatic rings. The van der Waals surface area contributed by atoms with Gasteiger partial charge < -0.3 is 9.47 Å². The Morgan fingerprint density at radius 3 is 2.12 bits per heavy atom. The number of rotatable bonds is 0. The normalized spacial score (nSPS) is 23.5. The molecule has 1 aliphatic carbocycles. The van der Waals surface area contributed by atoms with Crippen molar-refractivity contribution in [3.8, 4) is 12.1 Å². The van der Waals surface area contributed by atoms with Crippen LogP contribution in [0.15, 0.2) is 11.1 Å². The molecule has 4 nitrogen and oxygen atoms in total. The lowest BCUT2D eigenvalue weighted by molar-refractivity contribution is -0.276. The van der Waals surface area contributed by atoms with Gasteiger partial charge in [0.25, 0.3) is 0 Å². The van der Waals surface area contributed by atoms with Crippen molar-refractivity contribution in [3.05, 3.63) is 11.1 Å². The summed E-state index contributed by atoms with van der Waals surface area (Å²) in [5.74, 6) is -0.433. The predicted octanol–water partition coefficient (Wildman–Crippen LogP) is 2.04. The molecule has 0 radical (unpaired) electrons. The molecule has 4 heteroatoms. The lowest BCUT2D eigenvalue weighted by Crippen LogP contribution is -2.42. The minimum atomic E-state index is -0.433. The highest BCUT2D eigenvalue weighted by molar-refractivity contribution is 5.40. The Balaban J connectivity index is 2.05. The van der Waals surface area contributed by atoms with E-state index in [2.05, 4.69) is 0 Å². The van der Waals surface area contributed by atoms with Crippen molar-refractivity contribution in [2.24, 2.45) is 0 Å². The number of ether oxygens (including phenoxy) is 2. The summed E-state index contributed by atoms with van der Waals surface area (Å²) >= 11 is 0. The molecule has 1 saturated carbocycles. The summed E-state index contributed by atoms with van der Waals surface area (Å²) in [6.45, 7) is 1.50. The zero-order valence-corrected chi connectivity index (χ0v) is 9.16. The summed E-state index contributed by atoms with van der Waals surface area (Å²) in [6, 6.07) is 3.90. The van der Waals surface area contributed by atoms with E-state index in [4.69, 9.17) is 20.0 Å². The summed E-state index contributed by atoms with van der Waals surface area (Å²) in [5, 5.41) is 17.6. The van der Waals surface area contributed by atoms with E-state index < -0.39 is 5.79 Å². The highest BCUT2D eigenvalue weighted by Gasteiger charge is 2.37. The van der Waals surface area contributed by atoms with Crippen molar-refractivity contribution in [1.82, 2.24) is 0 Å². The van der Waals surface area contributed by atoms with Crippen molar-refractivity contribution in [2.45, 2.75) is 37.9 Å². The summed E-state index contributed by atoms with van der Waals surface area (Å²) in [7, 11) is 0. The van der Waals surface area contributed by atoms with Gasteiger partial charge in [-0.25, -0.2) is 0 Å². The van der Waals surface area contributed by atoms with Crippen molar-refractivity contribution >= 4 is 0 Å². The molecule has 16 heavy (non-hydrogen) atoms. The van der Waals surface area contributed by atoms with Gasteiger partial charge in [0.15, 0.2) is 5.79 Å². The zero-order chi connectivity index (χ0) is 11.4. The highest BCUT2D eigenvalue weighted by atomic mass is 16.7. The lowest BCUT2D eigenvalue weighted by Gasteiger charge is -2.40. The van der Waals surface area contributed by atoms with Crippen LogP contribution in [-0.2, 0) is 9.47 Å². The first-order valence-corrected chi connectivity index (χ1v) is 5.60. The minimum Gasteiger partial charge on any atom is -0.350 e. The second kappa shape index (κ2) is 4.65. The highest BCUT2D eigenvalue weighted by Crippen LogP contribution is 2.38. The van der Waals surface area contributed by atoms with E-state index in [0.29, 0.717) is 0 Å². The van der Waals surface area contributed by atoms with E-state index in [1.807, 2.05) is 12.1 Å². The van der Waals surface area contributed by atoms with Crippen molar-refractivity contribution in [3.63, 3.8) is 0 Å². The van der Waals surface area contributed by atoms with Gasteiger partial charge in [-0.05, 0) is 24.8 Å². The molecule has 1 heterocycles. The van der Waals surface area contributed by atoms with Gasteiger partial charge in [-0.1, -0.05) is 0 Å². The molecule has 0 aromatic heterocycles. The summed E-state index contributed by atoms with van der Waals surface area (Å²) in [4.78, 5) is 0. The maximum absolute atomic E-state index is 8.79. The van der Waals surface area contributed by atoms with Gasteiger partial charge in [0, 0.05) is 12.8 Å². The molecule has 0 atom stereocenters. The maximum Gasteiger partial charge on any atom is 0.168 e. The van der Waals surface area contributed by atoms with E-state index in [1.54, 1.807) is 0 Å². The topological polar surface area (TPSA) is 66.0 Å². The lowest BCUT2D eigenvalue weighted by atomic mass is 9.87. The summed E-state index contributed by atoms with van der Waals surface area (Å²) in [6.07, 6.45) is 3.93. The molecule has 84 valence electrons. The molecule has 2 fully saturated rings. The molecule has 1 aliphatic heterocycles. The van der Waals surface area contributed by atoms with Crippen LogP contribution in [0.25, 0.3) is 0 Å². The van der Waals surface area contributed by atoms with Crippen LogP contribution in [-0.4, -0.2) is 19.0 Å². The molecule has 0 amide bonds. The third-order valence-electron chi connectivity index (χ3n) is 3.21. The SMILES string of the molecule is N#CC(C#N)=C1CCC2(CC1)OCCCO2.